The van der Waals surface area contributed by atoms with E-state index in [1.54, 1.807) is 6.07 Å². The lowest BCUT2D eigenvalue weighted by Crippen LogP contribution is -2.65. The molecule has 24 nitrogen and oxygen atoms in total. The van der Waals surface area contributed by atoms with Crippen molar-refractivity contribution < 1.29 is 119 Å². The molecule has 380 valence electrons. The maximum absolute atomic E-state index is 11.5. The minimum absolute atomic E-state index is 0.0305. The van der Waals surface area contributed by atoms with Gasteiger partial charge >= 0.3 is 0 Å². The van der Waals surface area contributed by atoms with Gasteiger partial charge < -0.3 is 119 Å². The molecule has 21 atom stereocenters. The average molecular weight is 973 g/mol. The van der Waals surface area contributed by atoms with Crippen molar-refractivity contribution in [2.24, 2.45) is 0 Å². The van der Waals surface area contributed by atoms with Crippen molar-refractivity contribution in [1.29, 1.82) is 0 Å². The highest BCUT2D eigenvalue weighted by atomic mass is 16.8. The summed E-state index contributed by atoms with van der Waals surface area (Å²) in [5.74, 6) is 0.703. The van der Waals surface area contributed by atoms with Crippen LogP contribution in [-0.4, -0.2) is 233 Å². The summed E-state index contributed by atoms with van der Waals surface area (Å²) in [6.45, 7) is 0.718. The molecule has 0 radical (unpaired) electrons. The second-order valence-corrected chi connectivity index (χ2v) is 18.2. The summed E-state index contributed by atoms with van der Waals surface area (Å²) >= 11 is 0. The number of benzene rings is 2. The van der Waals surface area contributed by atoms with Gasteiger partial charge in [0.2, 0.25) is 12.6 Å². The highest BCUT2D eigenvalue weighted by molar-refractivity contribution is 5.69. The molecular weight excluding hydrogens is 912 g/mol. The third kappa shape index (κ3) is 9.93. The highest BCUT2D eigenvalue weighted by Gasteiger charge is 2.53. The van der Waals surface area contributed by atoms with E-state index in [1.165, 1.54) is 12.1 Å². The third-order valence-corrected chi connectivity index (χ3v) is 13.0. The Labute approximate surface area is 388 Å². The smallest absolute Gasteiger partial charge is 0.229 e. The quantitative estimate of drug-likeness (QED) is 0.0891. The number of hydrogen-bond acceptors (Lipinski definition) is 24. The molecule has 6 aliphatic heterocycles. The number of rotatable bonds is 13. The Hall–Kier alpha value is -3.42. The van der Waals surface area contributed by atoms with Crippen LogP contribution < -0.4 is 18.9 Å². The van der Waals surface area contributed by atoms with Crippen LogP contribution in [-0.2, 0) is 34.8 Å². The van der Waals surface area contributed by atoms with Gasteiger partial charge in [0.1, 0.15) is 126 Å². The molecule has 4 saturated heterocycles. The number of fused-ring (bicyclic) bond motifs is 3. The van der Waals surface area contributed by atoms with Gasteiger partial charge in [-0.25, -0.2) is 0 Å². The molecule has 0 unspecified atom stereocenters. The van der Waals surface area contributed by atoms with Gasteiger partial charge in [-0.3, -0.25) is 0 Å². The fraction of sp³-hybridized carbons (Fsp3) is 0.682. The minimum Gasteiger partial charge on any atom is -0.492 e. The van der Waals surface area contributed by atoms with E-state index in [1.807, 2.05) is 38.1 Å². The van der Waals surface area contributed by atoms with Crippen LogP contribution >= 0.6 is 0 Å². The molecule has 68 heavy (non-hydrogen) atoms. The van der Waals surface area contributed by atoms with Crippen LogP contribution in [0.4, 0.5) is 0 Å². The lowest BCUT2D eigenvalue weighted by Gasteiger charge is -2.46. The van der Waals surface area contributed by atoms with Crippen molar-refractivity contribution in [3.63, 3.8) is 0 Å². The van der Waals surface area contributed by atoms with Crippen molar-refractivity contribution >= 4 is 6.08 Å². The first-order chi connectivity index (χ1) is 32.4. The lowest BCUT2D eigenvalue weighted by molar-refractivity contribution is -0.352. The molecule has 0 saturated carbocycles. The van der Waals surface area contributed by atoms with E-state index in [4.69, 9.17) is 47.4 Å². The molecule has 0 amide bonds. The molecule has 0 aromatic heterocycles. The Bertz CT molecular complexity index is 2050. The summed E-state index contributed by atoms with van der Waals surface area (Å²) in [6, 6.07) is 8.11. The largest absolute Gasteiger partial charge is 0.492 e. The van der Waals surface area contributed by atoms with Crippen molar-refractivity contribution in [2.75, 3.05) is 33.0 Å². The Morgan fingerprint density at radius 3 is 1.59 bits per heavy atom. The monoisotopic (exact) mass is 972 g/mol. The molecule has 6 heterocycles. The van der Waals surface area contributed by atoms with Crippen LogP contribution in [0.5, 0.6) is 23.0 Å². The Morgan fingerprint density at radius 1 is 0.559 bits per heavy atom. The fourth-order valence-electron chi connectivity index (χ4n) is 9.11. The zero-order valence-corrected chi connectivity index (χ0v) is 36.8. The van der Waals surface area contributed by atoms with Gasteiger partial charge in [-0.2, -0.15) is 0 Å². The van der Waals surface area contributed by atoms with Crippen molar-refractivity contribution in [3.05, 3.63) is 53.1 Å². The number of hydrogen-bond donors (Lipinski definition) is 14. The van der Waals surface area contributed by atoms with Gasteiger partial charge in [-0.1, -0.05) is 12.1 Å². The molecule has 0 bridgehead atoms. The summed E-state index contributed by atoms with van der Waals surface area (Å²) in [7, 11) is 0. The van der Waals surface area contributed by atoms with Crippen molar-refractivity contribution in [1.82, 2.24) is 0 Å². The average Bonchev–Trinajstić information content (AvgIpc) is 3.33. The molecule has 6 aliphatic rings. The van der Waals surface area contributed by atoms with Crippen molar-refractivity contribution in [2.45, 2.75) is 155 Å². The first kappa shape index (κ1) is 51.0. The van der Waals surface area contributed by atoms with Crippen LogP contribution in [0.2, 0.25) is 0 Å². The predicted octanol–water partition coefficient (Wildman–Crippen LogP) is -5.40. The molecule has 14 N–H and O–H groups in total. The summed E-state index contributed by atoms with van der Waals surface area (Å²) < 4.78 is 58.7. The third-order valence-electron chi connectivity index (χ3n) is 13.0. The Kier molecular flexibility index (Phi) is 15.5. The number of ether oxygens (including phenoxy) is 10. The van der Waals surface area contributed by atoms with Gasteiger partial charge in [0.05, 0.1) is 38.6 Å². The second kappa shape index (κ2) is 20.7. The maximum atomic E-state index is 11.5. The lowest BCUT2D eigenvalue weighted by atomic mass is 9.87. The van der Waals surface area contributed by atoms with Crippen LogP contribution in [0.1, 0.15) is 36.5 Å². The van der Waals surface area contributed by atoms with Crippen LogP contribution in [0.15, 0.2) is 36.4 Å². The van der Waals surface area contributed by atoms with Gasteiger partial charge in [-0.15, -0.1) is 0 Å². The van der Waals surface area contributed by atoms with E-state index in [9.17, 15) is 71.5 Å². The van der Waals surface area contributed by atoms with Gasteiger partial charge in [-0.05, 0) is 50.1 Å². The van der Waals surface area contributed by atoms with Gasteiger partial charge in [0.25, 0.3) is 0 Å². The van der Waals surface area contributed by atoms with E-state index < -0.39 is 161 Å². The van der Waals surface area contributed by atoms with Crippen molar-refractivity contribution in [3.8, 4) is 23.0 Å². The van der Waals surface area contributed by atoms with E-state index in [2.05, 4.69) is 0 Å². The first-order valence-corrected chi connectivity index (χ1v) is 22.2. The Balaban J connectivity index is 1.04. The summed E-state index contributed by atoms with van der Waals surface area (Å²) in [5, 5.41) is 147. The topological polar surface area (TPSA) is 376 Å². The highest BCUT2D eigenvalue weighted by Crippen LogP contribution is 2.45. The van der Waals surface area contributed by atoms with E-state index >= 15 is 0 Å². The standard InChI is InChI=1S/C44H60O24/c1-44(2)8-7-20-21(68-44)6-3-16-9-17(15-59-37(16)20)19-5-4-18(60-40-35(57)31(53)38(25(13-47)64-40)66-42-33(55)29(51)27(49)23(11-45)62-42)10-22(19)61-41-36(58)32(54)39(26(14-48)65-41)67-43-34(56)30(52)28(50)24(12-46)63-43/h3-8,10,17,23-36,38-43,45-58H,9,11-15H2,1-2H3/t17-,23+,24+,25+,26+,27+,28+,29-,30-,31+,32+,33+,34+,35+,36+,38+,39+,40-,41-,42+,43+/m0/s1. The summed E-state index contributed by atoms with van der Waals surface area (Å²) in [6.07, 6.45) is -30.2. The molecule has 2 aromatic rings. The number of aliphatic hydroxyl groups is 14. The van der Waals surface area contributed by atoms with E-state index in [0.717, 1.165) is 11.1 Å². The SMILES string of the molecule is CC1(C)C=Cc2c(ccc3c2OC[C@@H](c2ccc(O[C@H]4O[C@H](CO)[C@@H](O[C@H]5O[C@H](CO)[C@@H](O)[C@H](O)[C@H]5O)[C@H](O)[C@H]4O)cc2O[C@H]2O[C@H](CO)[C@@H](O[C@H]4O[C@H](CO)[C@@H](O)[C@H](O)[C@H]4O)[C@H](O)[C@H]2O)C3)O1. The maximum Gasteiger partial charge on any atom is 0.229 e. The molecule has 24 heteroatoms. The summed E-state index contributed by atoms with van der Waals surface area (Å²) in [5.41, 5.74) is 1.51. The second-order valence-electron chi connectivity index (χ2n) is 18.2. The summed E-state index contributed by atoms with van der Waals surface area (Å²) in [4.78, 5) is 0. The number of aliphatic hydroxyl groups excluding tert-OH is 14. The normalized spacial score (nSPS) is 42.3. The molecule has 8 rings (SSSR count). The Morgan fingerprint density at radius 2 is 1.06 bits per heavy atom. The molecule has 2 aromatic carbocycles. The molecular formula is C44H60O24. The van der Waals surface area contributed by atoms with Crippen LogP contribution in [0.3, 0.4) is 0 Å². The molecule has 0 spiro atoms. The van der Waals surface area contributed by atoms with Crippen LogP contribution in [0, 0.1) is 0 Å². The van der Waals surface area contributed by atoms with E-state index in [-0.39, 0.29) is 18.1 Å². The van der Waals surface area contributed by atoms with Gasteiger partial charge in [0.15, 0.2) is 12.6 Å². The predicted molar refractivity (Wildman–Crippen MR) is 223 cm³/mol. The van der Waals surface area contributed by atoms with Gasteiger partial charge in [0, 0.05) is 17.5 Å². The fourth-order valence-corrected chi connectivity index (χ4v) is 9.11. The minimum atomic E-state index is -1.94. The van der Waals surface area contributed by atoms with Crippen LogP contribution in [0.25, 0.3) is 6.08 Å². The zero-order chi connectivity index (χ0) is 48.9. The molecule has 4 fully saturated rings. The van der Waals surface area contributed by atoms with E-state index in [0.29, 0.717) is 23.5 Å². The first-order valence-electron chi connectivity index (χ1n) is 22.2. The zero-order valence-electron chi connectivity index (χ0n) is 36.8. The molecule has 0 aliphatic carbocycles.